The minimum Gasteiger partial charge on any atom is -0.494 e. The number of carbonyl (C=O) groups excluding carboxylic acids is 1. The van der Waals surface area contributed by atoms with Crippen LogP contribution in [0.2, 0.25) is 0 Å². The molecule has 0 aliphatic carbocycles. The van der Waals surface area contributed by atoms with Gasteiger partial charge in [0.2, 0.25) is 0 Å². The van der Waals surface area contributed by atoms with Crippen LogP contribution in [0.25, 0.3) is 11.1 Å². The largest absolute Gasteiger partial charge is 0.494 e. The van der Waals surface area contributed by atoms with Gasteiger partial charge in [0.1, 0.15) is 16.3 Å². The molecule has 3 aromatic rings. The average molecular weight is 604 g/mol. The maximum absolute atomic E-state index is 13.0. The van der Waals surface area contributed by atoms with Crippen molar-refractivity contribution in [3.8, 4) is 16.9 Å². The summed E-state index contributed by atoms with van der Waals surface area (Å²) in [5, 5.41) is 14.5. The third-order valence-corrected chi connectivity index (χ3v) is 6.99. The molecular weight excluding hydrogens is 590 g/mol. The van der Waals surface area contributed by atoms with Crippen molar-refractivity contribution in [2.24, 2.45) is 0 Å². The second-order valence-electron chi connectivity index (χ2n) is 6.04. The summed E-state index contributed by atoms with van der Waals surface area (Å²) >= 11 is 11.3. The van der Waals surface area contributed by atoms with Crippen LogP contribution in [-0.4, -0.2) is 24.1 Å². The van der Waals surface area contributed by atoms with Crippen LogP contribution in [0.5, 0.6) is 5.75 Å². The molecule has 0 saturated carbocycles. The van der Waals surface area contributed by atoms with Crippen LogP contribution in [0.15, 0.2) is 49.1 Å². The highest BCUT2D eigenvalue weighted by Gasteiger charge is 2.25. The first-order chi connectivity index (χ1) is 13.7. The number of rotatable bonds is 5. The second-order valence-corrected chi connectivity index (χ2v) is 9.43. The first kappa shape index (κ1) is 22.0. The average Bonchev–Trinajstić information content (AvgIpc) is 3.05. The van der Waals surface area contributed by atoms with Gasteiger partial charge in [-0.3, -0.25) is 4.79 Å². The van der Waals surface area contributed by atoms with Gasteiger partial charge in [-0.1, -0.05) is 29.8 Å². The molecule has 0 fully saturated rings. The van der Waals surface area contributed by atoms with Gasteiger partial charge in [0.15, 0.2) is 0 Å². The van der Waals surface area contributed by atoms with E-state index >= 15 is 0 Å². The van der Waals surface area contributed by atoms with Gasteiger partial charge in [-0.25, -0.2) is 4.79 Å². The highest BCUT2D eigenvalue weighted by atomic mass is 79.9. The van der Waals surface area contributed by atoms with Gasteiger partial charge in [0.25, 0.3) is 5.91 Å². The number of halogens is 3. The second kappa shape index (κ2) is 8.99. The molecule has 1 heterocycles. The fourth-order valence-corrected chi connectivity index (χ4v) is 6.58. The first-order valence-electron chi connectivity index (χ1n) is 8.19. The third-order valence-electron chi connectivity index (χ3n) is 4.12. The van der Waals surface area contributed by atoms with Crippen molar-refractivity contribution in [1.29, 1.82) is 0 Å². The molecule has 150 valence electrons. The van der Waals surface area contributed by atoms with Crippen molar-refractivity contribution in [3.63, 3.8) is 0 Å². The topological polar surface area (TPSA) is 75.6 Å². The van der Waals surface area contributed by atoms with E-state index in [-0.39, 0.29) is 10.6 Å². The maximum atomic E-state index is 13.0. The Hall–Kier alpha value is -1.68. The van der Waals surface area contributed by atoms with Gasteiger partial charge in [-0.05, 0) is 66.3 Å². The van der Waals surface area contributed by atoms with Gasteiger partial charge in [0, 0.05) is 15.4 Å². The summed E-state index contributed by atoms with van der Waals surface area (Å²) in [5.74, 6) is -1.11. The molecule has 0 aliphatic heterocycles. The number of methoxy groups -OCH3 is 1. The monoisotopic (exact) mass is 601 g/mol. The fraction of sp³-hybridized carbons (Fsp3) is 0.100. The quantitative estimate of drug-likeness (QED) is 0.330. The number of ether oxygens (including phenoxy) is 1. The number of amides is 1. The number of carboxylic acids is 1. The molecule has 1 aromatic heterocycles. The molecular formula is C20H14Br3NO4S. The number of carboxylic acid groups (broad SMARTS) is 1. The van der Waals surface area contributed by atoms with Crippen molar-refractivity contribution >= 4 is 76.0 Å². The Bertz CT molecular complexity index is 1130. The first-order valence-corrected chi connectivity index (χ1v) is 11.4. The van der Waals surface area contributed by atoms with Gasteiger partial charge in [-0.2, -0.15) is 0 Å². The number of hydrogen-bond donors (Lipinski definition) is 2. The Morgan fingerprint density at radius 2 is 1.83 bits per heavy atom. The molecule has 0 saturated heterocycles. The minimum atomic E-state index is -1.11. The molecule has 9 heteroatoms. The summed E-state index contributed by atoms with van der Waals surface area (Å²) in [6, 6.07) is 9.26. The molecule has 0 radical (unpaired) electrons. The van der Waals surface area contributed by atoms with E-state index in [1.54, 1.807) is 11.4 Å². The molecule has 29 heavy (non-hydrogen) atoms. The molecule has 0 bridgehead atoms. The third kappa shape index (κ3) is 4.42. The van der Waals surface area contributed by atoms with Crippen LogP contribution in [0.4, 0.5) is 5.00 Å². The highest BCUT2D eigenvalue weighted by Crippen LogP contribution is 2.41. The molecule has 2 N–H and O–H groups in total. The zero-order valence-electron chi connectivity index (χ0n) is 15.2. The van der Waals surface area contributed by atoms with Crippen LogP contribution in [0.3, 0.4) is 0 Å². The van der Waals surface area contributed by atoms with E-state index in [4.69, 9.17) is 4.74 Å². The van der Waals surface area contributed by atoms with Crippen LogP contribution >= 0.6 is 59.1 Å². The normalized spacial score (nSPS) is 10.7. The smallest absolute Gasteiger partial charge is 0.339 e. The Morgan fingerprint density at radius 3 is 2.45 bits per heavy atom. The lowest BCUT2D eigenvalue weighted by Crippen LogP contribution is -2.15. The lowest BCUT2D eigenvalue weighted by Gasteiger charge is -2.13. The number of thiophene rings is 1. The minimum absolute atomic E-state index is 0.0604. The Morgan fingerprint density at radius 1 is 1.10 bits per heavy atom. The molecule has 3 rings (SSSR count). The lowest BCUT2D eigenvalue weighted by atomic mass is 10.0. The summed E-state index contributed by atoms with van der Waals surface area (Å²) < 4.78 is 6.97. The van der Waals surface area contributed by atoms with Gasteiger partial charge < -0.3 is 15.2 Å². The predicted octanol–water partition coefficient (Wildman–Crippen LogP) is 6.97. The summed E-state index contributed by atoms with van der Waals surface area (Å²) in [6.45, 7) is 1.94. The molecule has 5 nitrogen and oxygen atoms in total. The van der Waals surface area contributed by atoms with E-state index in [2.05, 4.69) is 53.1 Å². The Labute approximate surface area is 196 Å². The van der Waals surface area contributed by atoms with Crippen molar-refractivity contribution < 1.29 is 19.4 Å². The fourth-order valence-electron chi connectivity index (χ4n) is 2.82. The van der Waals surface area contributed by atoms with Crippen molar-refractivity contribution in [3.05, 3.63) is 65.8 Å². The van der Waals surface area contributed by atoms with E-state index in [1.165, 1.54) is 18.4 Å². The highest BCUT2D eigenvalue weighted by molar-refractivity contribution is 9.11. The van der Waals surface area contributed by atoms with Gasteiger partial charge >= 0.3 is 5.97 Å². The number of aromatic carboxylic acids is 1. The molecule has 0 aliphatic rings. The summed E-state index contributed by atoms with van der Waals surface area (Å²) in [5.41, 5.74) is 2.72. The van der Waals surface area contributed by atoms with Crippen molar-refractivity contribution in [2.45, 2.75) is 6.92 Å². The number of carbonyl (C=O) groups is 2. The number of benzene rings is 2. The van der Waals surface area contributed by atoms with E-state index < -0.39 is 11.9 Å². The summed E-state index contributed by atoms with van der Waals surface area (Å²) in [7, 11) is 1.50. The molecule has 0 spiro atoms. The zero-order valence-corrected chi connectivity index (χ0v) is 20.8. The number of anilines is 1. The van der Waals surface area contributed by atoms with Crippen LogP contribution in [0, 0.1) is 6.92 Å². The van der Waals surface area contributed by atoms with E-state index in [0.717, 1.165) is 11.1 Å². The van der Waals surface area contributed by atoms with Crippen LogP contribution < -0.4 is 10.1 Å². The van der Waals surface area contributed by atoms with E-state index in [0.29, 0.717) is 30.3 Å². The number of aryl methyl sites for hydroxylation is 1. The SMILES string of the molecule is COc1c(Br)cc(Br)c(C(=O)Nc2scc(-c3cccc(C)c3)c2C(=O)O)c1Br. The van der Waals surface area contributed by atoms with E-state index in [9.17, 15) is 14.7 Å². The van der Waals surface area contributed by atoms with Crippen molar-refractivity contribution in [1.82, 2.24) is 0 Å². The molecule has 0 atom stereocenters. The number of nitrogens with one attached hydrogen (secondary N) is 1. The molecule has 2 aromatic carbocycles. The summed E-state index contributed by atoms with van der Waals surface area (Å²) in [6.07, 6.45) is 0. The number of hydrogen-bond acceptors (Lipinski definition) is 4. The molecule has 1 amide bonds. The van der Waals surface area contributed by atoms with E-state index in [1.807, 2.05) is 31.2 Å². The standard InChI is InChI=1S/C20H14Br3NO4S/c1-9-4-3-5-10(6-9)11-8-29-19(14(11)20(26)27)24-18(25)15-12(21)7-13(22)17(28-2)16(15)23/h3-8H,1-2H3,(H,24,25)(H,26,27). The lowest BCUT2D eigenvalue weighted by molar-refractivity contribution is 0.0699. The molecule has 0 unspecified atom stereocenters. The predicted molar refractivity (Wildman–Crippen MR) is 125 cm³/mol. The Kier molecular flexibility index (Phi) is 6.83. The Balaban J connectivity index is 2.04. The van der Waals surface area contributed by atoms with Gasteiger partial charge in [-0.15, -0.1) is 11.3 Å². The van der Waals surface area contributed by atoms with Crippen molar-refractivity contribution in [2.75, 3.05) is 12.4 Å². The maximum Gasteiger partial charge on any atom is 0.339 e. The van der Waals surface area contributed by atoms with Crippen LogP contribution in [0.1, 0.15) is 26.3 Å². The summed E-state index contributed by atoms with van der Waals surface area (Å²) in [4.78, 5) is 25.0. The zero-order chi connectivity index (χ0) is 21.3. The van der Waals surface area contributed by atoms with Crippen LogP contribution in [-0.2, 0) is 0 Å². The van der Waals surface area contributed by atoms with Gasteiger partial charge in [0.05, 0.1) is 21.6 Å².